The van der Waals surface area contributed by atoms with Gasteiger partial charge < -0.3 is 19.9 Å². The second-order valence-electron chi connectivity index (χ2n) is 4.51. The van der Waals surface area contributed by atoms with E-state index in [0.29, 0.717) is 13.2 Å². The van der Waals surface area contributed by atoms with Crippen LogP contribution >= 0.6 is 11.3 Å². The van der Waals surface area contributed by atoms with Gasteiger partial charge in [0.2, 0.25) is 0 Å². The quantitative estimate of drug-likeness (QED) is 0.845. The van der Waals surface area contributed by atoms with E-state index in [1.807, 2.05) is 18.4 Å². The first-order valence-electron chi connectivity index (χ1n) is 6.37. The molecule has 0 saturated carbocycles. The molecule has 0 aromatic carbocycles. The van der Waals surface area contributed by atoms with E-state index >= 15 is 0 Å². The summed E-state index contributed by atoms with van der Waals surface area (Å²) in [4.78, 5) is 12.9. The number of ether oxygens (including phenoxy) is 2. The van der Waals surface area contributed by atoms with Crippen LogP contribution in [0, 0.1) is 6.92 Å². The Hall–Kier alpha value is -0.950. The Labute approximate surface area is 116 Å². The molecule has 2 rings (SSSR count). The van der Waals surface area contributed by atoms with Crippen LogP contribution < -0.4 is 5.32 Å². The van der Waals surface area contributed by atoms with Crippen molar-refractivity contribution < 1.29 is 19.4 Å². The number of hydrogen-bond acceptors (Lipinski definition) is 5. The van der Waals surface area contributed by atoms with E-state index in [1.54, 1.807) is 0 Å². The van der Waals surface area contributed by atoms with Gasteiger partial charge in [-0.3, -0.25) is 4.79 Å². The number of nitrogens with one attached hydrogen (secondary N) is 1. The van der Waals surface area contributed by atoms with Gasteiger partial charge in [0, 0.05) is 6.61 Å². The maximum absolute atomic E-state index is 12.2. The van der Waals surface area contributed by atoms with Gasteiger partial charge in [-0.25, -0.2) is 0 Å². The number of thiophene rings is 1. The van der Waals surface area contributed by atoms with Gasteiger partial charge in [0.1, 0.15) is 6.10 Å². The number of carbonyl (C=O) groups is 1. The highest BCUT2D eigenvalue weighted by molar-refractivity contribution is 7.12. The molecule has 2 N–H and O–H groups in total. The van der Waals surface area contributed by atoms with Crippen molar-refractivity contribution in [2.45, 2.75) is 25.5 Å². The fourth-order valence-electron chi connectivity index (χ4n) is 2.08. The van der Waals surface area contributed by atoms with Gasteiger partial charge in [0.05, 0.1) is 30.7 Å². The third kappa shape index (κ3) is 3.76. The molecular weight excluding hydrogens is 266 g/mol. The van der Waals surface area contributed by atoms with Crippen molar-refractivity contribution >= 4 is 17.2 Å². The minimum Gasteiger partial charge on any atom is -0.394 e. The average Bonchev–Trinajstić information content (AvgIpc) is 2.84. The Bertz CT molecular complexity index is 421. The van der Waals surface area contributed by atoms with Crippen LogP contribution in [-0.2, 0) is 9.47 Å². The zero-order valence-electron chi connectivity index (χ0n) is 10.9. The summed E-state index contributed by atoms with van der Waals surface area (Å²) in [6, 6.07) is 1.87. The van der Waals surface area contributed by atoms with Crippen LogP contribution in [0.15, 0.2) is 11.4 Å². The Balaban J connectivity index is 1.95. The standard InChI is InChI=1S/C13H19NO4S/c1-9-3-7-19-12(9)13(16)14-10-2-5-17-8-11(10)18-6-4-15/h3,7,10-11,15H,2,4-6,8H2,1H3,(H,14,16). The Morgan fingerprint density at radius 1 is 1.68 bits per heavy atom. The Morgan fingerprint density at radius 3 is 3.21 bits per heavy atom. The first-order valence-corrected chi connectivity index (χ1v) is 7.25. The fourth-order valence-corrected chi connectivity index (χ4v) is 2.91. The normalized spacial score (nSPS) is 23.3. The summed E-state index contributed by atoms with van der Waals surface area (Å²) in [6.45, 7) is 3.23. The smallest absolute Gasteiger partial charge is 0.261 e. The summed E-state index contributed by atoms with van der Waals surface area (Å²) in [5.41, 5.74) is 0.988. The van der Waals surface area contributed by atoms with Crippen molar-refractivity contribution in [2.75, 3.05) is 26.4 Å². The minimum absolute atomic E-state index is 0.0266. The molecule has 2 unspecified atom stereocenters. The molecule has 1 saturated heterocycles. The lowest BCUT2D eigenvalue weighted by Crippen LogP contribution is -2.50. The van der Waals surface area contributed by atoms with Crippen LogP contribution in [0.4, 0.5) is 0 Å². The van der Waals surface area contributed by atoms with Crippen molar-refractivity contribution in [3.63, 3.8) is 0 Å². The predicted octanol–water partition coefficient (Wildman–Crippen LogP) is 0.953. The van der Waals surface area contributed by atoms with Gasteiger partial charge in [-0.1, -0.05) is 0 Å². The molecule has 5 nitrogen and oxygen atoms in total. The molecule has 1 aliphatic rings. The highest BCUT2D eigenvalue weighted by Gasteiger charge is 2.28. The molecule has 2 heterocycles. The van der Waals surface area contributed by atoms with Crippen molar-refractivity contribution in [2.24, 2.45) is 0 Å². The van der Waals surface area contributed by atoms with Crippen LogP contribution in [0.1, 0.15) is 21.7 Å². The largest absolute Gasteiger partial charge is 0.394 e. The second kappa shape index (κ2) is 7.00. The number of amides is 1. The van der Waals surface area contributed by atoms with Crippen molar-refractivity contribution in [1.29, 1.82) is 0 Å². The lowest BCUT2D eigenvalue weighted by molar-refractivity contribution is -0.0737. The molecule has 0 radical (unpaired) electrons. The van der Waals surface area contributed by atoms with Crippen LogP contribution in [0.5, 0.6) is 0 Å². The maximum Gasteiger partial charge on any atom is 0.261 e. The summed E-state index contributed by atoms with van der Waals surface area (Å²) in [5, 5.41) is 13.7. The summed E-state index contributed by atoms with van der Waals surface area (Å²) in [7, 11) is 0. The monoisotopic (exact) mass is 285 g/mol. The van der Waals surface area contributed by atoms with E-state index in [-0.39, 0.29) is 31.3 Å². The molecule has 19 heavy (non-hydrogen) atoms. The van der Waals surface area contributed by atoms with E-state index in [0.717, 1.165) is 16.9 Å². The van der Waals surface area contributed by atoms with E-state index in [9.17, 15) is 4.79 Å². The summed E-state index contributed by atoms with van der Waals surface area (Å²) < 4.78 is 10.9. The summed E-state index contributed by atoms with van der Waals surface area (Å²) >= 11 is 1.44. The van der Waals surface area contributed by atoms with E-state index in [2.05, 4.69) is 5.32 Å². The van der Waals surface area contributed by atoms with Gasteiger partial charge >= 0.3 is 0 Å². The van der Waals surface area contributed by atoms with E-state index < -0.39 is 0 Å². The van der Waals surface area contributed by atoms with Crippen molar-refractivity contribution in [1.82, 2.24) is 5.32 Å². The molecule has 2 atom stereocenters. The minimum atomic E-state index is -0.190. The Kier molecular flexibility index (Phi) is 5.33. The third-order valence-corrected chi connectivity index (χ3v) is 4.13. The molecule has 106 valence electrons. The highest BCUT2D eigenvalue weighted by atomic mass is 32.1. The number of aliphatic hydroxyl groups excluding tert-OH is 1. The molecule has 0 aliphatic carbocycles. The molecule has 1 aromatic heterocycles. The summed E-state index contributed by atoms with van der Waals surface area (Å²) in [5.74, 6) is -0.0583. The molecule has 1 fully saturated rings. The third-order valence-electron chi connectivity index (χ3n) is 3.11. The van der Waals surface area contributed by atoms with E-state index in [1.165, 1.54) is 11.3 Å². The number of aliphatic hydroxyl groups is 1. The number of aryl methyl sites for hydroxylation is 1. The van der Waals surface area contributed by atoms with Gasteiger partial charge in [-0.15, -0.1) is 11.3 Å². The lowest BCUT2D eigenvalue weighted by atomic mass is 10.1. The average molecular weight is 285 g/mol. The first-order chi connectivity index (χ1) is 9.22. The molecule has 0 spiro atoms. The predicted molar refractivity (Wildman–Crippen MR) is 72.6 cm³/mol. The molecule has 1 amide bonds. The first kappa shape index (κ1) is 14.5. The molecule has 1 aliphatic heterocycles. The summed E-state index contributed by atoms with van der Waals surface area (Å²) in [6.07, 6.45) is 0.539. The molecule has 1 aromatic rings. The van der Waals surface area contributed by atoms with Crippen molar-refractivity contribution in [3.8, 4) is 0 Å². The zero-order valence-corrected chi connectivity index (χ0v) is 11.7. The number of carbonyl (C=O) groups excluding carboxylic acids is 1. The van der Waals surface area contributed by atoms with Gasteiger partial charge in [-0.05, 0) is 30.4 Å². The molecule has 0 bridgehead atoms. The fraction of sp³-hybridized carbons (Fsp3) is 0.615. The highest BCUT2D eigenvalue weighted by Crippen LogP contribution is 2.17. The van der Waals surface area contributed by atoms with Crippen LogP contribution in [0.25, 0.3) is 0 Å². The number of hydrogen-bond donors (Lipinski definition) is 2. The number of rotatable bonds is 5. The second-order valence-corrected chi connectivity index (χ2v) is 5.43. The Morgan fingerprint density at radius 2 is 2.53 bits per heavy atom. The van der Waals surface area contributed by atoms with Crippen LogP contribution in [-0.4, -0.2) is 49.6 Å². The van der Waals surface area contributed by atoms with Crippen LogP contribution in [0.2, 0.25) is 0 Å². The molecule has 6 heteroatoms. The SMILES string of the molecule is Cc1ccsc1C(=O)NC1CCOCC1OCCO. The topological polar surface area (TPSA) is 67.8 Å². The lowest BCUT2D eigenvalue weighted by Gasteiger charge is -2.31. The van der Waals surface area contributed by atoms with Crippen LogP contribution in [0.3, 0.4) is 0 Å². The van der Waals surface area contributed by atoms with Crippen molar-refractivity contribution in [3.05, 3.63) is 21.9 Å². The maximum atomic E-state index is 12.2. The van der Waals surface area contributed by atoms with Gasteiger partial charge in [0.15, 0.2) is 0 Å². The van der Waals surface area contributed by atoms with Gasteiger partial charge in [0.25, 0.3) is 5.91 Å². The zero-order chi connectivity index (χ0) is 13.7. The molecular formula is C13H19NO4S. The van der Waals surface area contributed by atoms with Gasteiger partial charge in [-0.2, -0.15) is 0 Å². The van der Waals surface area contributed by atoms with E-state index in [4.69, 9.17) is 14.6 Å².